The fourth-order valence-electron chi connectivity index (χ4n) is 2.03. The van der Waals surface area contributed by atoms with Crippen molar-refractivity contribution in [3.8, 4) is 11.8 Å². The molecule has 0 aliphatic carbocycles. The standard InChI is InChI=1S/C17H17NO3/c1-3-16-14(8-10-21-16)17(20)18-15-7-6-13(5-4-9-19)11-12(15)2/h6-8,10-11,19H,3,9H2,1-2H3,(H,18,20). The van der Waals surface area contributed by atoms with Crippen LogP contribution in [0.2, 0.25) is 0 Å². The monoisotopic (exact) mass is 283 g/mol. The number of rotatable bonds is 3. The zero-order valence-electron chi connectivity index (χ0n) is 12.1. The molecule has 21 heavy (non-hydrogen) atoms. The van der Waals surface area contributed by atoms with E-state index in [1.807, 2.05) is 19.9 Å². The van der Waals surface area contributed by atoms with Gasteiger partial charge in [0.2, 0.25) is 0 Å². The number of amides is 1. The number of anilines is 1. The Morgan fingerprint density at radius 1 is 1.38 bits per heavy atom. The Morgan fingerprint density at radius 3 is 2.86 bits per heavy atom. The fourth-order valence-corrected chi connectivity index (χ4v) is 2.03. The summed E-state index contributed by atoms with van der Waals surface area (Å²) in [6, 6.07) is 7.15. The molecule has 0 atom stereocenters. The SMILES string of the molecule is CCc1occc1C(=O)Nc1ccc(C#CCO)cc1C. The van der Waals surface area contributed by atoms with Gasteiger partial charge in [-0.15, -0.1) is 0 Å². The Hall–Kier alpha value is -2.51. The Bertz CT molecular complexity index is 704. The van der Waals surface area contributed by atoms with Gasteiger partial charge >= 0.3 is 0 Å². The van der Waals surface area contributed by atoms with E-state index in [4.69, 9.17) is 9.52 Å². The van der Waals surface area contributed by atoms with Gasteiger partial charge in [-0.25, -0.2) is 0 Å². The zero-order chi connectivity index (χ0) is 15.2. The number of hydrogen-bond acceptors (Lipinski definition) is 3. The number of aliphatic hydroxyl groups is 1. The Balaban J connectivity index is 2.18. The first-order valence-corrected chi connectivity index (χ1v) is 6.73. The average Bonchev–Trinajstić information content (AvgIpc) is 2.96. The predicted molar refractivity (Wildman–Crippen MR) is 81.2 cm³/mol. The molecule has 0 unspecified atom stereocenters. The molecule has 4 nitrogen and oxygen atoms in total. The molecule has 0 spiro atoms. The van der Waals surface area contributed by atoms with Gasteiger partial charge in [0.05, 0.1) is 11.8 Å². The van der Waals surface area contributed by atoms with E-state index in [1.165, 1.54) is 6.26 Å². The van der Waals surface area contributed by atoms with Crippen molar-refractivity contribution in [3.63, 3.8) is 0 Å². The van der Waals surface area contributed by atoms with E-state index in [-0.39, 0.29) is 12.5 Å². The van der Waals surface area contributed by atoms with Crippen molar-refractivity contribution in [2.75, 3.05) is 11.9 Å². The quantitative estimate of drug-likeness (QED) is 0.851. The van der Waals surface area contributed by atoms with E-state index in [0.29, 0.717) is 17.7 Å². The van der Waals surface area contributed by atoms with Crippen LogP contribution in [0.1, 0.15) is 34.2 Å². The summed E-state index contributed by atoms with van der Waals surface area (Å²) in [4.78, 5) is 12.2. The number of aryl methyl sites for hydroxylation is 2. The van der Waals surface area contributed by atoms with Crippen molar-refractivity contribution < 1.29 is 14.3 Å². The lowest BCUT2D eigenvalue weighted by Gasteiger charge is -2.08. The van der Waals surface area contributed by atoms with Crippen molar-refractivity contribution in [1.29, 1.82) is 0 Å². The molecule has 0 aliphatic heterocycles. The highest BCUT2D eigenvalue weighted by Crippen LogP contribution is 2.19. The number of aliphatic hydroxyl groups excluding tert-OH is 1. The minimum atomic E-state index is -0.183. The summed E-state index contributed by atoms with van der Waals surface area (Å²) in [6.45, 7) is 3.67. The number of carbonyl (C=O) groups is 1. The molecule has 1 aromatic carbocycles. The van der Waals surface area contributed by atoms with Crippen LogP contribution in [0.4, 0.5) is 5.69 Å². The molecule has 0 fully saturated rings. The topological polar surface area (TPSA) is 62.5 Å². The summed E-state index contributed by atoms with van der Waals surface area (Å²) in [6.07, 6.45) is 2.19. The lowest BCUT2D eigenvalue weighted by Crippen LogP contribution is -2.13. The van der Waals surface area contributed by atoms with Gasteiger partial charge in [0.15, 0.2) is 0 Å². The van der Waals surface area contributed by atoms with Crippen LogP contribution in [0.3, 0.4) is 0 Å². The Labute approximate surface area is 123 Å². The van der Waals surface area contributed by atoms with Crippen LogP contribution in [0.25, 0.3) is 0 Å². The number of carbonyl (C=O) groups excluding carboxylic acids is 1. The van der Waals surface area contributed by atoms with Gasteiger partial charge < -0.3 is 14.8 Å². The summed E-state index contributed by atoms with van der Waals surface area (Å²) in [7, 11) is 0. The molecule has 2 N–H and O–H groups in total. The fraction of sp³-hybridized carbons (Fsp3) is 0.235. The number of furan rings is 1. The third-order valence-corrected chi connectivity index (χ3v) is 3.10. The minimum Gasteiger partial charge on any atom is -0.469 e. The van der Waals surface area contributed by atoms with Crippen LogP contribution in [-0.4, -0.2) is 17.6 Å². The molecule has 108 valence electrons. The first-order chi connectivity index (χ1) is 10.2. The van der Waals surface area contributed by atoms with E-state index in [9.17, 15) is 4.79 Å². The molecule has 0 radical (unpaired) electrons. The number of hydrogen-bond donors (Lipinski definition) is 2. The molecule has 0 saturated carbocycles. The molecule has 0 saturated heterocycles. The summed E-state index contributed by atoms with van der Waals surface area (Å²) in [5.74, 6) is 5.92. The second-order valence-electron chi connectivity index (χ2n) is 4.55. The number of nitrogens with one attached hydrogen (secondary N) is 1. The maximum atomic E-state index is 12.2. The van der Waals surface area contributed by atoms with Crippen LogP contribution in [-0.2, 0) is 6.42 Å². The van der Waals surface area contributed by atoms with E-state index in [2.05, 4.69) is 17.2 Å². The average molecular weight is 283 g/mol. The first kappa shape index (κ1) is 14.9. The van der Waals surface area contributed by atoms with E-state index in [0.717, 1.165) is 16.8 Å². The molecule has 4 heteroatoms. The molecular weight excluding hydrogens is 266 g/mol. The smallest absolute Gasteiger partial charge is 0.259 e. The second kappa shape index (κ2) is 6.78. The summed E-state index contributed by atoms with van der Waals surface area (Å²) in [5, 5.41) is 11.6. The van der Waals surface area contributed by atoms with Gasteiger partial charge in [-0.2, -0.15) is 0 Å². The van der Waals surface area contributed by atoms with Crippen LogP contribution in [0, 0.1) is 18.8 Å². The molecule has 0 bridgehead atoms. The van der Waals surface area contributed by atoms with Crippen LogP contribution >= 0.6 is 0 Å². The predicted octanol–water partition coefficient (Wildman–Crippen LogP) is 2.75. The number of benzene rings is 1. The zero-order valence-corrected chi connectivity index (χ0v) is 12.1. The molecule has 0 aliphatic rings. The van der Waals surface area contributed by atoms with Gasteiger partial charge in [-0.05, 0) is 36.8 Å². The van der Waals surface area contributed by atoms with Crippen LogP contribution < -0.4 is 5.32 Å². The van der Waals surface area contributed by atoms with Crippen molar-refractivity contribution in [1.82, 2.24) is 0 Å². The van der Waals surface area contributed by atoms with Gasteiger partial charge in [-0.1, -0.05) is 18.8 Å². The molecule has 2 rings (SSSR count). The highest BCUT2D eigenvalue weighted by Gasteiger charge is 2.14. The molecule has 2 aromatic rings. The maximum absolute atomic E-state index is 12.2. The summed E-state index contributed by atoms with van der Waals surface area (Å²) in [5.41, 5.74) is 3.01. The van der Waals surface area contributed by atoms with Gasteiger partial charge in [0.25, 0.3) is 5.91 Å². The highest BCUT2D eigenvalue weighted by molar-refractivity contribution is 6.05. The van der Waals surface area contributed by atoms with Crippen molar-refractivity contribution >= 4 is 11.6 Å². The second-order valence-corrected chi connectivity index (χ2v) is 4.55. The first-order valence-electron chi connectivity index (χ1n) is 6.73. The lowest BCUT2D eigenvalue weighted by atomic mass is 10.1. The van der Waals surface area contributed by atoms with Crippen LogP contribution in [0.5, 0.6) is 0 Å². The lowest BCUT2D eigenvalue weighted by molar-refractivity contribution is 0.102. The Morgan fingerprint density at radius 2 is 2.19 bits per heavy atom. The van der Waals surface area contributed by atoms with Gasteiger partial charge in [-0.3, -0.25) is 4.79 Å². The van der Waals surface area contributed by atoms with Gasteiger partial charge in [0.1, 0.15) is 12.4 Å². The largest absolute Gasteiger partial charge is 0.469 e. The highest BCUT2D eigenvalue weighted by atomic mass is 16.3. The van der Waals surface area contributed by atoms with Crippen LogP contribution in [0.15, 0.2) is 34.9 Å². The van der Waals surface area contributed by atoms with Crippen molar-refractivity contribution in [2.45, 2.75) is 20.3 Å². The third-order valence-electron chi connectivity index (χ3n) is 3.10. The van der Waals surface area contributed by atoms with Gasteiger partial charge in [0, 0.05) is 17.7 Å². The molecule has 1 heterocycles. The van der Waals surface area contributed by atoms with Crippen molar-refractivity contribution in [3.05, 3.63) is 53.0 Å². The van der Waals surface area contributed by atoms with E-state index < -0.39 is 0 Å². The van der Waals surface area contributed by atoms with E-state index in [1.54, 1.807) is 18.2 Å². The van der Waals surface area contributed by atoms with E-state index >= 15 is 0 Å². The normalized spacial score (nSPS) is 9.86. The van der Waals surface area contributed by atoms with Crippen molar-refractivity contribution in [2.24, 2.45) is 0 Å². The third kappa shape index (κ3) is 3.53. The maximum Gasteiger partial charge on any atom is 0.259 e. The minimum absolute atomic E-state index is 0.169. The molecule has 1 aromatic heterocycles. The molecular formula is C17H17NO3. The summed E-state index contributed by atoms with van der Waals surface area (Å²) >= 11 is 0. The molecule has 1 amide bonds. The summed E-state index contributed by atoms with van der Waals surface area (Å²) < 4.78 is 5.26. The Kier molecular flexibility index (Phi) is 4.81.